The lowest BCUT2D eigenvalue weighted by atomic mass is 9.84. The zero-order valence-corrected chi connectivity index (χ0v) is 18.1. The molecule has 1 heterocycles. The average Bonchev–Trinajstić information content (AvgIpc) is 2.82. The van der Waals surface area contributed by atoms with Crippen LogP contribution in [0.5, 0.6) is 0 Å². The van der Waals surface area contributed by atoms with Gasteiger partial charge in [-0.2, -0.15) is 0 Å². The molecule has 1 aliphatic heterocycles. The van der Waals surface area contributed by atoms with Crippen LogP contribution in [-0.4, -0.2) is 45.5 Å². The van der Waals surface area contributed by atoms with Crippen molar-refractivity contribution in [2.24, 2.45) is 4.99 Å². The topological polar surface area (TPSA) is 70.6 Å². The molecule has 1 aliphatic rings. The van der Waals surface area contributed by atoms with Crippen molar-refractivity contribution >= 4 is 51.4 Å². The van der Waals surface area contributed by atoms with E-state index >= 15 is 0 Å². The van der Waals surface area contributed by atoms with E-state index in [2.05, 4.69) is 29.5 Å². The first kappa shape index (κ1) is 21.5. The number of hydrogen-bond donors (Lipinski definition) is 2. The van der Waals surface area contributed by atoms with Crippen molar-refractivity contribution in [2.45, 2.75) is 31.7 Å². The lowest BCUT2D eigenvalue weighted by Gasteiger charge is -2.27. The van der Waals surface area contributed by atoms with E-state index in [1.54, 1.807) is 7.05 Å². The minimum absolute atomic E-state index is 0. The van der Waals surface area contributed by atoms with E-state index in [0.29, 0.717) is 23.9 Å². The number of halogens is 2. The minimum Gasteiger partial charge on any atom is -0.356 e. The van der Waals surface area contributed by atoms with Crippen LogP contribution >= 0.6 is 35.6 Å². The number of guanidine groups is 1. The highest BCUT2D eigenvalue weighted by molar-refractivity contribution is 14.0. The number of nitrogens with one attached hydrogen (secondary N) is 2. The Bertz CT molecular complexity index is 692. The highest BCUT2D eigenvalue weighted by Gasteiger charge is 2.29. The van der Waals surface area contributed by atoms with Crippen molar-refractivity contribution in [3.63, 3.8) is 0 Å². The van der Waals surface area contributed by atoms with Gasteiger partial charge in [0.25, 0.3) is 0 Å². The SMILES string of the molecule is CN=C(NCC(C)(C)c1cccc(Cl)c1)NC1CCS(=O)(=O)C1.I. The summed E-state index contributed by atoms with van der Waals surface area (Å²) in [5.74, 6) is 1.04. The Labute approximate surface area is 166 Å². The molecule has 136 valence electrons. The molecule has 24 heavy (non-hydrogen) atoms. The third-order valence-electron chi connectivity index (χ3n) is 4.10. The van der Waals surface area contributed by atoms with Gasteiger partial charge in [0.15, 0.2) is 15.8 Å². The molecule has 0 amide bonds. The van der Waals surface area contributed by atoms with Gasteiger partial charge in [-0.25, -0.2) is 8.42 Å². The number of benzene rings is 1. The smallest absolute Gasteiger partial charge is 0.191 e. The van der Waals surface area contributed by atoms with Crippen LogP contribution in [0.3, 0.4) is 0 Å². The van der Waals surface area contributed by atoms with E-state index in [4.69, 9.17) is 11.6 Å². The third kappa shape index (κ3) is 6.07. The summed E-state index contributed by atoms with van der Waals surface area (Å²) < 4.78 is 23.1. The fraction of sp³-hybridized carbons (Fsp3) is 0.562. The lowest BCUT2D eigenvalue weighted by Crippen LogP contribution is -2.47. The number of nitrogens with zero attached hydrogens (tertiary/aromatic N) is 1. The van der Waals surface area contributed by atoms with Crippen LogP contribution in [0.2, 0.25) is 5.02 Å². The van der Waals surface area contributed by atoms with E-state index in [-0.39, 0.29) is 46.9 Å². The molecule has 1 unspecified atom stereocenters. The van der Waals surface area contributed by atoms with Crippen LogP contribution in [0.4, 0.5) is 0 Å². The first-order valence-corrected chi connectivity index (χ1v) is 9.85. The summed E-state index contributed by atoms with van der Waals surface area (Å²) in [7, 11) is -1.21. The van der Waals surface area contributed by atoms with Crippen LogP contribution in [0.1, 0.15) is 25.8 Å². The van der Waals surface area contributed by atoms with Crippen molar-refractivity contribution in [2.75, 3.05) is 25.1 Å². The summed E-state index contributed by atoms with van der Waals surface area (Å²) in [6.45, 7) is 4.91. The van der Waals surface area contributed by atoms with Gasteiger partial charge < -0.3 is 10.6 Å². The predicted octanol–water partition coefficient (Wildman–Crippen LogP) is 2.59. The predicted molar refractivity (Wildman–Crippen MR) is 111 cm³/mol. The molecule has 5 nitrogen and oxygen atoms in total. The first-order valence-electron chi connectivity index (χ1n) is 7.65. The van der Waals surface area contributed by atoms with E-state index in [0.717, 1.165) is 5.56 Å². The Balaban J connectivity index is 0.00000288. The maximum Gasteiger partial charge on any atom is 0.191 e. The van der Waals surface area contributed by atoms with Crippen LogP contribution < -0.4 is 10.6 Å². The van der Waals surface area contributed by atoms with Crippen LogP contribution in [-0.2, 0) is 15.3 Å². The Morgan fingerprint density at radius 3 is 2.67 bits per heavy atom. The first-order chi connectivity index (χ1) is 10.7. The summed E-state index contributed by atoms with van der Waals surface area (Å²) in [5, 5.41) is 7.19. The van der Waals surface area contributed by atoms with Crippen molar-refractivity contribution in [3.05, 3.63) is 34.9 Å². The molecule has 2 rings (SSSR count). The second-order valence-electron chi connectivity index (χ2n) is 6.56. The minimum atomic E-state index is -2.90. The summed E-state index contributed by atoms with van der Waals surface area (Å²) in [5.41, 5.74) is 1.00. The Hall–Kier alpha value is -0.540. The molecule has 0 saturated carbocycles. The van der Waals surface area contributed by atoms with Gasteiger partial charge in [0.1, 0.15) is 0 Å². The molecule has 0 bridgehead atoms. The van der Waals surface area contributed by atoms with Gasteiger partial charge in [-0.05, 0) is 24.1 Å². The van der Waals surface area contributed by atoms with Crippen LogP contribution in [0.25, 0.3) is 0 Å². The highest BCUT2D eigenvalue weighted by atomic mass is 127. The molecule has 1 aromatic carbocycles. The van der Waals surface area contributed by atoms with Crippen LogP contribution in [0, 0.1) is 0 Å². The van der Waals surface area contributed by atoms with Crippen LogP contribution in [0.15, 0.2) is 29.3 Å². The normalized spacial score (nSPS) is 20.3. The van der Waals surface area contributed by atoms with E-state index in [1.807, 2.05) is 24.3 Å². The summed E-state index contributed by atoms with van der Waals surface area (Å²) in [6.07, 6.45) is 0.626. The zero-order chi connectivity index (χ0) is 17.1. The third-order valence-corrected chi connectivity index (χ3v) is 6.10. The fourth-order valence-electron chi connectivity index (χ4n) is 2.61. The van der Waals surface area contributed by atoms with Gasteiger partial charge in [0, 0.05) is 30.1 Å². The summed E-state index contributed by atoms with van der Waals surface area (Å²) >= 11 is 6.07. The molecule has 0 radical (unpaired) electrons. The van der Waals surface area contributed by atoms with E-state index in [9.17, 15) is 8.42 Å². The van der Waals surface area contributed by atoms with Crippen molar-refractivity contribution in [3.8, 4) is 0 Å². The van der Waals surface area contributed by atoms with Crippen molar-refractivity contribution in [1.29, 1.82) is 0 Å². The maximum absolute atomic E-state index is 11.5. The lowest BCUT2D eigenvalue weighted by molar-refractivity contribution is 0.505. The highest BCUT2D eigenvalue weighted by Crippen LogP contribution is 2.24. The van der Waals surface area contributed by atoms with Gasteiger partial charge in [0.2, 0.25) is 0 Å². The standard InChI is InChI=1S/C16H24ClN3O2S.HI/c1-16(2,12-5-4-6-13(17)9-12)11-19-15(18-3)20-14-7-8-23(21,22)10-14;/h4-6,9,14H,7-8,10-11H2,1-3H3,(H2,18,19,20);1H. The van der Waals surface area contributed by atoms with E-state index in [1.165, 1.54) is 0 Å². The number of sulfone groups is 1. The Kier molecular flexibility index (Phi) is 7.80. The van der Waals surface area contributed by atoms with Gasteiger partial charge >= 0.3 is 0 Å². The molecular weight excluding hydrogens is 461 g/mol. The van der Waals surface area contributed by atoms with Crippen molar-refractivity contribution < 1.29 is 8.42 Å². The van der Waals surface area contributed by atoms with E-state index < -0.39 is 9.84 Å². The molecule has 0 spiro atoms. The Morgan fingerprint density at radius 2 is 2.12 bits per heavy atom. The largest absolute Gasteiger partial charge is 0.356 e. The monoisotopic (exact) mass is 485 g/mol. The van der Waals surface area contributed by atoms with Gasteiger partial charge in [-0.1, -0.05) is 37.6 Å². The quantitative estimate of drug-likeness (QED) is 0.391. The molecule has 2 N–H and O–H groups in total. The number of rotatable bonds is 4. The second kappa shape index (κ2) is 8.71. The maximum atomic E-state index is 11.5. The number of hydrogen-bond acceptors (Lipinski definition) is 3. The molecule has 0 aromatic heterocycles. The zero-order valence-electron chi connectivity index (χ0n) is 14.2. The fourth-order valence-corrected chi connectivity index (χ4v) is 4.48. The Morgan fingerprint density at radius 1 is 1.42 bits per heavy atom. The molecule has 0 aliphatic carbocycles. The van der Waals surface area contributed by atoms with Gasteiger partial charge in [-0.15, -0.1) is 24.0 Å². The van der Waals surface area contributed by atoms with Crippen molar-refractivity contribution in [1.82, 2.24) is 10.6 Å². The molecule has 8 heteroatoms. The van der Waals surface area contributed by atoms with Gasteiger partial charge in [0.05, 0.1) is 11.5 Å². The van der Waals surface area contributed by atoms with Gasteiger partial charge in [-0.3, -0.25) is 4.99 Å². The molecule has 1 fully saturated rings. The second-order valence-corrected chi connectivity index (χ2v) is 9.23. The molecular formula is C16H25ClIN3O2S. The summed E-state index contributed by atoms with van der Waals surface area (Å²) in [4.78, 5) is 4.19. The molecule has 1 aromatic rings. The number of aliphatic imine (C=N–C) groups is 1. The molecule has 1 atom stereocenters. The molecule has 1 saturated heterocycles. The average molecular weight is 486 g/mol. The summed E-state index contributed by atoms with van der Waals surface area (Å²) in [6, 6.07) is 7.74.